The molecule has 4 heterocycles. The Bertz CT molecular complexity index is 948. The lowest BCUT2D eigenvalue weighted by Gasteiger charge is -2.35. The summed E-state index contributed by atoms with van der Waals surface area (Å²) in [7, 11) is 4.01. The average Bonchev–Trinajstić information content (AvgIpc) is 3.23. The van der Waals surface area contributed by atoms with Gasteiger partial charge in [-0.1, -0.05) is 0 Å². The van der Waals surface area contributed by atoms with Gasteiger partial charge in [0.2, 0.25) is 5.91 Å². The summed E-state index contributed by atoms with van der Waals surface area (Å²) in [5.74, 6) is 1.83. The summed E-state index contributed by atoms with van der Waals surface area (Å²) in [6, 6.07) is 4.14. The number of rotatable bonds is 5. The zero-order chi connectivity index (χ0) is 22.5. The molecular formula is C22H33N9O. The van der Waals surface area contributed by atoms with Crippen LogP contribution in [0.1, 0.15) is 12.5 Å². The van der Waals surface area contributed by atoms with Crippen LogP contribution in [0.4, 0.5) is 11.5 Å². The van der Waals surface area contributed by atoms with Crippen LogP contribution in [-0.4, -0.2) is 95.8 Å². The molecule has 0 saturated carbocycles. The number of likely N-dealkylation sites (N-methyl/N-ethyl adjacent to an activating group) is 1. The van der Waals surface area contributed by atoms with E-state index in [-0.39, 0.29) is 5.91 Å². The van der Waals surface area contributed by atoms with Crippen molar-refractivity contribution in [2.45, 2.75) is 13.5 Å². The molecule has 0 radical (unpaired) electrons. The molecule has 0 aromatic carbocycles. The van der Waals surface area contributed by atoms with Gasteiger partial charge in [0.15, 0.2) is 5.96 Å². The maximum Gasteiger partial charge on any atom is 0.246 e. The summed E-state index contributed by atoms with van der Waals surface area (Å²) in [6.07, 6.45) is 5.46. The molecule has 0 unspecified atom stereocenters. The lowest BCUT2D eigenvalue weighted by molar-refractivity contribution is -0.120. The van der Waals surface area contributed by atoms with Crippen molar-refractivity contribution in [3.8, 4) is 0 Å². The third kappa shape index (κ3) is 5.18. The Hall–Kier alpha value is -3.14. The summed E-state index contributed by atoms with van der Waals surface area (Å²) < 4.78 is 1.71. The SMILES string of the molecule is CCNC(=NCc1ccnc(N2CCN(C)CC2)c1)N1CCN(c2cnn(C)c2)C(=O)C1. The number of carbonyl (C=O) groups is 1. The number of piperazine rings is 2. The van der Waals surface area contributed by atoms with Crippen molar-refractivity contribution in [1.82, 2.24) is 29.9 Å². The highest BCUT2D eigenvalue weighted by Gasteiger charge is 2.27. The third-order valence-corrected chi connectivity index (χ3v) is 5.91. The summed E-state index contributed by atoms with van der Waals surface area (Å²) in [5, 5.41) is 7.52. The molecule has 0 aliphatic carbocycles. The molecule has 0 bridgehead atoms. The van der Waals surface area contributed by atoms with E-state index >= 15 is 0 Å². The van der Waals surface area contributed by atoms with Crippen LogP contribution in [-0.2, 0) is 18.4 Å². The predicted molar refractivity (Wildman–Crippen MR) is 126 cm³/mol. The normalized spacial score (nSPS) is 18.4. The fourth-order valence-electron chi connectivity index (χ4n) is 4.03. The number of hydrogen-bond acceptors (Lipinski definition) is 6. The van der Waals surface area contributed by atoms with E-state index in [1.165, 1.54) is 0 Å². The van der Waals surface area contributed by atoms with Crippen LogP contribution in [0.2, 0.25) is 0 Å². The lowest BCUT2D eigenvalue weighted by atomic mass is 10.2. The summed E-state index contributed by atoms with van der Waals surface area (Å²) in [4.78, 5) is 30.7. The Labute approximate surface area is 189 Å². The van der Waals surface area contributed by atoms with Crippen LogP contribution < -0.4 is 15.1 Å². The van der Waals surface area contributed by atoms with Gasteiger partial charge in [-0.15, -0.1) is 0 Å². The molecule has 2 aromatic heterocycles. The van der Waals surface area contributed by atoms with E-state index in [0.717, 1.165) is 62.3 Å². The fourth-order valence-corrected chi connectivity index (χ4v) is 4.03. The lowest BCUT2D eigenvalue weighted by Crippen LogP contribution is -2.55. The maximum absolute atomic E-state index is 12.8. The van der Waals surface area contributed by atoms with Crippen LogP contribution in [0.15, 0.2) is 35.7 Å². The zero-order valence-corrected chi connectivity index (χ0v) is 19.2. The first-order valence-corrected chi connectivity index (χ1v) is 11.2. The van der Waals surface area contributed by atoms with Gasteiger partial charge in [-0.05, 0) is 31.7 Å². The number of aliphatic imine (C=N–C) groups is 1. The first-order chi connectivity index (χ1) is 15.5. The Morgan fingerprint density at radius 2 is 1.97 bits per heavy atom. The van der Waals surface area contributed by atoms with Crippen LogP contribution in [0.5, 0.6) is 0 Å². The van der Waals surface area contributed by atoms with Crippen LogP contribution in [0.3, 0.4) is 0 Å². The molecule has 32 heavy (non-hydrogen) atoms. The van der Waals surface area contributed by atoms with Crippen molar-refractivity contribution >= 4 is 23.4 Å². The van der Waals surface area contributed by atoms with Gasteiger partial charge >= 0.3 is 0 Å². The topological polar surface area (TPSA) is 85.1 Å². The number of guanidine groups is 1. The van der Waals surface area contributed by atoms with E-state index in [1.807, 2.05) is 37.3 Å². The molecule has 172 valence electrons. The molecule has 10 heteroatoms. The van der Waals surface area contributed by atoms with Gasteiger partial charge in [-0.2, -0.15) is 5.10 Å². The standard InChI is InChI=1S/C22H33N9O/c1-4-23-22(30-11-12-31(21(32)17-30)19-15-26-28(3)16-19)25-14-18-5-6-24-20(13-18)29-9-7-27(2)8-10-29/h5-6,13,15-16H,4,7-12,14,17H2,1-3H3,(H,23,25). The number of nitrogens with zero attached hydrogens (tertiary/aromatic N) is 8. The van der Waals surface area contributed by atoms with Gasteiger partial charge in [0.25, 0.3) is 0 Å². The van der Waals surface area contributed by atoms with Crippen LogP contribution >= 0.6 is 0 Å². The van der Waals surface area contributed by atoms with Gasteiger partial charge in [-0.25, -0.2) is 9.98 Å². The fraction of sp³-hybridized carbons (Fsp3) is 0.545. The van der Waals surface area contributed by atoms with Crippen LogP contribution in [0, 0.1) is 0 Å². The van der Waals surface area contributed by atoms with E-state index in [1.54, 1.807) is 15.8 Å². The third-order valence-electron chi connectivity index (χ3n) is 5.91. The number of anilines is 2. The van der Waals surface area contributed by atoms with Crippen molar-refractivity contribution in [3.05, 3.63) is 36.3 Å². The first kappa shape index (κ1) is 22.1. The molecule has 2 aliphatic heterocycles. The molecule has 1 amide bonds. The average molecular weight is 440 g/mol. The number of pyridine rings is 1. The highest BCUT2D eigenvalue weighted by Crippen LogP contribution is 2.17. The van der Waals surface area contributed by atoms with E-state index in [0.29, 0.717) is 19.6 Å². The van der Waals surface area contributed by atoms with Crippen molar-refractivity contribution < 1.29 is 4.79 Å². The Balaban J connectivity index is 1.41. The van der Waals surface area contributed by atoms with Crippen molar-refractivity contribution in [2.24, 2.45) is 12.0 Å². The minimum Gasteiger partial charge on any atom is -0.356 e. The number of nitrogens with one attached hydrogen (secondary N) is 1. The second-order valence-corrected chi connectivity index (χ2v) is 8.32. The molecule has 2 fully saturated rings. The Morgan fingerprint density at radius 3 is 2.66 bits per heavy atom. The molecule has 2 aromatic rings. The first-order valence-electron chi connectivity index (χ1n) is 11.2. The number of aromatic nitrogens is 3. The van der Waals surface area contributed by atoms with Crippen molar-refractivity contribution in [3.63, 3.8) is 0 Å². The summed E-state index contributed by atoms with van der Waals surface area (Å²) >= 11 is 0. The highest BCUT2D eigenvalue weighted by atomic mass is 16.2. The maximum atomic E-state index is 12.8. The number of carbonyl (C=O) groups excluding carboxylic acids is 1. The molecule has 4 rings (SSSR count). The van der Waals surface area contributed by atoms with Gasteiger partial charge in [0.05, 0.1) is 18.4 Å². The zero-order valence-electron chi connectivity index (χ0n) is 19.2. The van der Waals surface area contributed by atoms with Gasteiger partial charge in [-0.3, -0.25) is 9.48 Å². The summed E-state index contributed by atoms with van der Waals surface area (Å²) in [6.45, 7) is 9.03. The Morgan fingerprint density at radius 1 is 1.16 bits per heavy atom. The quantitative estimate of drug-likeness (QED) is 0.533. The van der Waals surface area contributed by atoms with E-state index in [9.17, 15) is 4.79 Å². The largest absolute Gasteiger partial charge is 0.356 e. The molecule has 2 aliphatic rings. The van der Waals surface area contributed by atoms with E-state index < -0.39 is 0 Å². The van der Waals surface area contributed by atoms with E-state index in [2.05, 4.69) is 38.3 Å². The smallest absolute Gasteiger partial charge is 0.246 e. The Kier molecular flexibility index (Phi) is 6.89. The molecule has 10 nitrogen and oxygen atoms in total. The minimum atomic E-state index is 0.0520. The van der Waals surface area contributed by atoms with Crippen molar-refractivity contribution in [2.75, 3.05) is 69.2 Å². The van der Waals surface area contributed by atoms with Gasteiger partial charge < -0.3 is 24.9 Å². The van der Waals surface area contributed by atoms with Crippen LogP contribution in [0.25, 0.3) is 0 Å². The molecule has 2 saturated heterocycles. The van der Waals surface area contributed by atoms with E-state index in [4.69, 9.17) is 4.99 Å². The number of hydrogen-bond donors (Lipinski definition) is 1. The molecular weight excluding hydrogens is 406 g/mol. The van der Waals surface area contributed by atoms with Crippen molar-refractivity contribution in [1.29, 1.82) is 0 Å². The second kappa shape index (κ2) is 9.99. The predicted octanol–water partition coefficient (Wildman–Crippen LogP) is 0.381. The summed E-state index contributed by atoms with van der Waals surface area (Å²) in [5.41, 5.74) is 1.96. The monoisotopic (exact) mass is 439 g/mol. The van der Waals surface area contributed by atoms with Gasteiger partial charge in [0.1, 0.15) is 12.4 Å². The second-order valence-electron chi connectivity index (χ2n) is 8.32. The highest BCUT2D eigenvalue weighted by molar-refractivity contribution is 5.98. The molecule has 0 atom stereocenters. The number of aryl methyl sites for hydroxylation is 1. The molecule has 1 N–H and O–H groups in total. The minimum absolute atomic E-state index is 0.0520. The molecule has 0 spiro atoms. The number of amides is 1. The van der Waals surface area contributed by atoms with Gasteiger partial charge in [0, 0.05) is 65.3 Å².